The van der Waals surface area contributed by atoms with Crippen LogP contribution in [-0.4, -0.2) is 30.3 Å². The monoisotopic (exact) mass is 280 g/mol. The number of nitrogens with zero attached hydrogens (tertiary/aromatic N) is 1. The van der Waals surface area contributed by atoms with Crippen molar-refractivity contribution in [3.05, 3.63) is 35.9 Å². The summed E-state index contributed by atoms with van der Waals surface area (Å²) in [6, 6.07) is 10.6. The third-order valence-corrected chi connectivity index (χ3v) is 4.78. The van der Waals surface area contributed by atoms with E-state index in [0.29, 0.717) is 5.25 Å². The van der Waals surface area contributed by atoms with Gasteiger partial charge in [-0.05, 0) is 30.4 Å². The van der Waals surface area contributed by atoms with Gasteiger partial charge in [0.25, 0.3) is 0 Å². The van der Waals surface area contributed by atoms with Gasteiger partial charge in [0, 0.05) is 6.54 Å². The van der Waals surface area contributed by atoms with Crippen LogP contribution in [0.1, 0.15) is 23.7 Å². The van der Waals surface area contributed by atoms with Crippen molar-refractivity contribution < 1.29 is 0 Å². The minimum absolute atomic E-state index is 0.500. The van der Waals surface area contributed by atoms with Crippen LogP contribution in [0.5, 0.6) is 0 Å². The summed E-state index contributed by atoms with van der Waals surface area (Å²) in [5.74, 6) is 1.26. The van der Waals surface area contributed by atoms with E-state index in [4.69, 9.17) is 0 Å². The smallest absolute Gasteiger partial charge is 0.157 e. The van der Waals surface area contributed by atoms with Gasteiger partial charge in [0.15, 0.2) is 5.17 Å². The van der Waals surface area contributed by atoms with E-state index < -0.39 is 0 Å². The largest absolute Gasteiger partial charge is 0.365 e. The van der Waals surface area contributed by atoms with Crippen LogP contribution < -0.4 is 5.32 Å². The van der Waals surface area contributed by atoms with Gasteiger partial charge in [0.05, 0.1) is 11.8 Å². The molecule has 1 heterocycles. The van der Waals surface area contributed by atoms with Crippen molar-refractivity contribution in [2.75, 3.05) is 25.1 Å². The lowest BCUT2D eigenvalue weighted by atomic mass is 10.1. The minimum atomic E-state index is 0.500. The first-order valence-corrected chi connectivity index (χ1v) is 8.66. The zero-order valence-corrected chi connectivity index (χ0v) is 12.4. The van der Waals surface area contributed by atoms with Crippen molar-refractivity contribution in [2.45, 2.75) is 18.1 Å². The molecule has 1 N–H and O–H groups in total. The fourth-order valence-electron chi connectivity index (χ4n) is 1.88. The third kappa shape index (κ3) is 4.25. The summed E-state index contributed by atoms with van der Waals surface area (Å²) in [4.78, 5) is 4.57. The molecule has 0 aromatic heterocycles. The number of aliphatic imine (C=N–C) groups is 1. The number of amidine groups is 1. The SMILES string of the molecule is CSCCCCNC1=NCC(c2ccccc2)S1. The van der Waals surface area contributed by atoms with Gasteiger partial charge >= 0.3 is 0 Å². The topological polar surface area (TPSA) is 24.4 Å². The van der Waals surface area contributed by atoms with E-state index in [2.05, 4.69) is 46.9 Å². The summed E-state index contributed by atoms with van der Waals surface area (Å²) in [7, 11) is 0. The number of unbranched alkanes of at least 4 members (excludes halogenated alkanes) is 1. The Balaban J connectivity index is 1.68. The average Bonchev–Trinajstić information content (AvgIpc) is 2.88. The van der Waals surface area contributed by atoms with E-state index in [-0.39, 0.29) is 0 Å². The van der Waals surface area contributed by atoms with E-state index >= 15 is 0 Å². The molecule has 18 heavy (non-hydrogen) atoms. The lowest BCUT2D eigenvalue weighted by molar-refractivity contribution is 0.764. The van der Waals surface area contributed by atoms with Crippen molar-refractivity contribution >= 4 is 28.7 Å². The maximum Gasteiger partial charge on any atom is 0.157 e. The molecule has 0 spiro atoms. The molecule has 1 atom stereocenters. The van der Waals surface area contributed by atoms with Crippen LogP contribution in [0.4, 0.5) is 0 Å². The molecule has 0 fully saturated rings. The maximum absolute atomic E-state index is 4.57. The Hall–Kier alpha value is -0.610. The Labute approximate surface area is 118 Å². The van der Waals surface area contributed by atoms with E-state index in [1.54, 1.807) is 0 Å². The van der Waals surface area contributed by atoms with Crippen molar-refractivity contribution in [3.8, 4) is 0 Å². The van der Waals surface area contributed by atoms with Crippen molar-refractivity contribution in [1.29, 1.82) is 0 Å². The summed E-state index contributed by atoms with van der Waals surface area (Å²) in [6.45, 7) is 1.95. The van der Waals surface area contributed by atoms with Crippen molar-refractivity contribution in [2.24, 2.45) is 4.99 Å². The predicted octanol–water partition coefficient (Wildman–Crippen LogP) is 3.56. The van der Waals surface area contributed by atoms with Crippen LogP contribution in [0.15, 0.2) is 35.3 Å². The predicted molar refractivity (Wildman–Crippen MR) is 84.7 cm³/mol. The molecule has 4 heteroatoms. The lowest BCUT2D eigenvalue weighted by Gasteiger charge is -2.09. The first-order valence-electron chi connectivity index (χ1n) is 6.39. The zero-order chi connectivity index (χ0) is 12.6. The molecule has 1 aromatic rings. The zero-order valence-electron chi connectivity index (χ0n) is 10.8. The quantitative estimate of drug-likeness (QED) is 0.806. The molecule has 1 unspecified atom stereocenters. The standard InChI is InChI=1S/C14H20N2S2/c1-17-10-6-5-9-15-14-16-11-13(18-14)12-7-3-2-4-8-12/h2-4,7-8,13H,5-6,9-11H2,1H3,(H,15,16). The first-order chi connectivity index (χ1) is 8.90. The van der Waals surface area contributed by atoms with Gasteiger partial charge in [-0.3, -0.25) is 4.99 Å². The Morgan fingerprint density at radius 1 is 1.33 bits per heavy atom. The second kappa shape index (κ2) is 7.74. The van der Waals surface area contributed by atoms with E-state index in [0.717, 1.165) is 18.3 Å². The van der Waals surface area contributed by atoms with Crippen LogP contribution >= 0.6 is 23.5 Å². The Bertz CT molecular complexity index is 379. The number of benzene rings is 1. The lowest BCUT2D eigenvalue weighted by Crippen LogP contribution is -2.20. The second-order valence-electron chi connectivity index (χ2n) is 4.29. The Morgan fingerprint density at radius 2 is 2.17 bits per heavy atom. The fourth-order valence-corrected chi connectivity index (χ4v) is 3.42. The van der Waals surface area contributed by atoms with Gasteiger partial charge in [0.1, 0.15) is 0 Å². The maximum atomic E-state index is 4.57. The third-order valence-electron chi connectivity index (χ3n) is 2.88. The van der Waals surface area contributed by atoms with Crippen molar-refractivity contribution in [1.82, 2.24) is 5.32 Å². The second-order valence-corrected chi connectivity index (χ2v) is 6.47. The molecule has 0 saturated heterocycles. The van der Waals surface area contributed by atoms with Crippen LogP contribution in [-0.2, 0) is 0 Å². The molecule has 2 nitrogen and oxygen atoms in total. The van der Waals surface area contributed by atoms with E-state index in [1.807, 2.05) is 23.5 Å². The number of hydrogen-bond donors (Lipinski definition) is 1. The van der Waals surface area contributed by atoms with Gasteiger partial charge in [-0.15, -0.1) is 0 Å². The van der Waals surface area contributed by atoms with Crippen molar-refractivity contribution in [3.63, 3.8) is 0 Å². The summed E-state index contributed by atoms with van der Waals surface area (Å²) in [5, 5.41) is 5.06. The highest BCUT2D eigenvalue weighted by Gasteiger charge is 2.20. The molecule has 0 saturated carbocycles. The molecular weight excluding hydrogens is 260 g/mol. The van der Waals surface area contributed by atoms with Gasteiger partial charge < -0.3 is 5.32 Å². The summed E-state index contributed by atoms with van der Waals surface area (Å²) in [5.41, 5.74) is 1.38. The summed E-state index contributed by atoms with van der Waals surface area (Å²) < 4.78 is 0. The highest BCUT2D eigenvalue weighted by atomic mass is 32.2. The van der Waals surface area contributed by atoms with Gasteiger partial charge in [-0.25, -0.2) is 0 Å². The van der Waals surface area contributed by atoms with Crippen LogP contribution in [0.3, 0.4) is 0 Å². The molecule has 0 amide bonds. The normalized spacial score (nSPS) is 18.7. The van der Waals surface area contributed by atoms with E-state index in [9.17, 15) is 0 Å². The molecule has 2 rings (SSSR count). The van der Waals surface area contributed by atoms with Crippen LogP contribution in [0.25, 0.3) is 0 Å². The number of hydrogen-bond acceptors (Lipinski definition) is 4. The molecule has 1 aliphatic heterocycles. The first kappa shape index (κ1) is 13.8. The highest BCUT2D eigenvalue weighted by Crippen LogP contribution is 2.34. The van der Waals surface area contributed by atoms with Gasteiger partial charge in [-0.2, -0.15) is 11.8 Å². The van der Waals surface area contributed by atoms with Crippen LogP contribution in [0, 0.1) is 0 Å². The molecule has 98 valence electrons. The Morgan fingerprint density at radius 3 is 2.94 bits per heavy atom. The summed E-state index contributed by atoms with van der Waals surface area (Å²) in [6.07, 6.45) is 4.68. The highest BCUT2D eigenvalue weighted by molar-refractivity contribution is 8.14. The molecule has 1 aliphatic rings. The summed E-state index contributed by atoms with van der Waals surface area (Å²) >= 11 is 3.78. The van der Waals surface area contributed by atoms with Gasteiger partial charge in [0.2, 0.25) is 0 Å². The number of nitrogens with one attached hydrogen (secondary N) is 1. The molecule has 0 aliphatic carbocycles. The molecule has 0 radical (unpaired) electrons. The number of thioether (sulfide) groups is 2. The minimum Gasteiger partial charge on any atom is -0.365 e. The molecular formula is C14H20N2S2. The molecule has 0 bridgehead atoms. The molecule has 1 aromatic carbocycles. The van der Waals surface area contributed by atoms with Gasteiger partial charge in [-0.1, -0.05) is 42.1 Å². The van der Waals surface area contributed by atoms with Crippen LogP contribution in [0.2, 0.25) is 0 Å². The fraction of sp³-hybridized carbons (Fsp3) is 0.500. The Kier molecular flexibility index (Phi) is 5.94. The number of rotatable bonds is 6. The average molecular weight is 280 g/mol. The van der Waals surface area contributed by atoms with E-state index in [1.165, 1.54) is 24.2 Å².